The van der Waals surface area contributed by atoms with Crippen molar-refractivity contribution in [3.05, 3.63) is 77.4 Å². The second-order valence-electron chi connectivity index (χ2n) is 6.43. The summed E-state index contributed by atoms with van der Waals surface area (Å²) in [6.45, 7) is 0. The smallest absolute Gasteiger partial charge is 0.305 e. The molecule has 1 atom stereocenters. The highest BCUT2D eigenvalue weighted by Gasteiger charge is 2.17. The maximum absolute atomic E-state index is 11.4. The Bertz CT molecular complexity index is 1050. The molecule has 0 aliphatic carbocycles. The third-order valence-electron chi connectivity index (χ3n) is 4.25. The van der Waals surface area contributed by atoms with Gasteiger partial charge in [0.1, 0.15) is 5.03 Å². The van der Waals surface area contributed by atoms with Crippen molar-refractivity contribution in [1.82, 2.24) is 10.3 Å². The van der Waals surface area contributed by atoms with Gasteiger partial charge in [-0.15, -0.1) is 11.8 Å². The summed E-state index contributed by atoms with van der Waals surface area (Å²) in [6.07, 6.45) is 3.61. The molecule has 2 aromatic carbocycles. The Labute approximate surface area is 200 Å². The maximum Gasteiger partial charge on any atom is 0.305 e. The number of thioether (sulfide) groups is 1. The number of carboxylic acid groups (broad SMARTS) is 1. The summed E-state index contributed by atoms with van der Waals surface area (Å²) in [4.78, 5) is 17.9. The number of rotatable bonds is 8. The van der Waals surface area contributed by atoms with Crippen LogP contribution in [0, 0.1) is 0 Å². The zero-order valence-electron chi connectivity index (χ0n) is 16.5. The molecule has 0 fully saturated rings. The molecular formula is C22H20ClN3O2S3. The normalized spacial score (nSPS) is 11.5. The van der Waals surface area contributed by atoms with Crippen molar-refractivity contribution in [1.29, 1.82) is 0 Å². The van der Waals surface area contributed by atoms with Crippen LogP contribution >= 0.6 is 47.3 Å². The average Bonchev–Trinajstić information content (AvgIpc) is 2.76. The summed E-state index contributed by atoms with van der Waals surface area (Å²) >= 11 is 14.6. The largest absolute Gasteiger partial charge is 0.481 e. The van der Waals surface area contributed by atoms with Gasteiger partial charge in [-0.3, -0.25) is 4.79 Å². The van der Waals surface area contributed by atoms with Gasteiger partial charge in [-0.2, -0.15) is 0 Å². The Hall–Kier alpha value is -2.26. The van der Waals surface area contributed by atoms with Gasteiger partial charge in [0.05, 0.1) is 18.2 Å². The summed E-state index contributed by atoms with van der Waals surface area (Å²) in [5.41, 5.74) is 1.58. The molecule has 0 saturated carbocycles. The number of anilines is 1. The van der Waals surface area contributed by atoms with Gasteiger partial charge in [-0.05, 0) is 72.6 Å². The molecule has 3 rings (SSSR count). The van der Waals surface area contributed by atoms with Crippen LogP contribution in [-0.4, -0.2) is 27.4 Å². The molecule has 160 valence electrons. The van der Waals surface area contributed by atoms with Crippen LogP contribution < -0.4 is 10.6 Å². The fourth-order valence-corrected chi connectivity index (χ4v) is 4.39. The first-order valence-electron chi connectivity index (χ1n) is 9.26. The van der Waals surface area contributed by atoms with E-state index >= 15 is 0 Å². The highest BCUT2D eigenvalue weighted by molar-refractivity contribution is 7.99. The summed E-state index contributed by atoms with van der Waals surface area (Å²) < 4.78 is 0. The topological polar surface area (TPSA) is 74.2 Å². The lowest BCUT2D eigenvalue weighted by atomic mass is 10.0. The Morgan fingerprint density at radius 1 is 1.13 bits per heavy atom. The lowest BCUT2D eigenvalue weighted by molar-refractivity contribution is -0.137. The number of benzene rings is 2. The summed E-state index contributed by atoms with van der Waals surface area (Å²) in [7, 11) is 0. The Kier molecular flexibility index (Phi) is 8.60. The maximum atomic E-state index is 11.4. The molecule has 0 saturated heterocycles. The Balaban J connectivity index is 1.73. The lowest BCUT2D eigenvalue weighted by Gasteiger charge is -2.21. The minimum atomic E-state index is -0.908. The van der Waals surface area contributed by atoms with E-state index in [1.54, 1.807) is 18.0 Å². The van der Waals surface area contributed by atoms with Crippen molar-refractivity contribution in [3.8, 4) is 0 Å². The van der Waals surface area contributed by atoms with E-state index in [9.17, 15) is 9.90 Å². The van der Waals surface area contributed by atoms with Gasteiger partial charge in [-0.1, -0.05) is 35.5 Å². The van der Waals surface area contributed by atoms with Gasteiger partial charge in [0.25, 0.3) is 0 Å². The minimum Gasteiger partial charge on any atom is -0.481 e. The second-order valence-corrected chi connectivity index (χ2v) is 9.22. The number of hydrogen-bond donors (Lipinski definition) is 3. The number of carbonyl (C=O) groups is 1. The first kappa shape index (κ1) is 23.4. The highest BCUT2D eigenvalue weighted by Crippen LogP contribution is 2.32. The average molecular weight is 490 g/mol. The van der Waals surface area contributed by atoms with E-state index in [0.29, 0.717) is 10.1 Å². The fraction of sp³-hybridized carbons (Fsp3) is 0.136. The highest BCUT2D eigenvalue weighted by atomic mass is 35.5. The predicted molar refractivity (Wildman–Crippen MR) is 132 cm³/mol. The number of aromatic nitrogens is 1. The molecule has 5 nitrogen and oxygen atoms in total. The number of thiocarbonyl (C=S) groups is 1. The Morgan fingerprint density at radius 3 is 2.45 bits per heavy atom. The molecule has 3 aromatic rings. The molecule has 1 heterocycles. The third-order valence-corrected chi connectivity index (χ3v) is 6.49. The number of pyridine rings is 1. The molecule has 0 bridgehead atoms. The second kappa shape index (κ2) is 11.4. The number of nitrogens with one attached hydrogen (secondary N) is 2. The molecule has 0 aliphatic rings. The van der Waals surface area contributed by atoms with Crippen LogP contribution in [0.4, 0.5) is 5.69 Å². The van der Waals surface area contributed by atoms with Crippen molar-refractivity contribution >= 4 is 64.1 Å². The van der Waals surface area contributed by atoms with E-state index in [1.165, 1.54) is 11.8 Å². The van der Waals surface area contributed by atoms with Gasteiger partial charge in [0.15, 0.2) is 5.11 Å². The predicted octanol–water partition coefficient (Wildman–Crippen LogP) is 6.11. The van der Waals surface area contributed by atoms with Gasteiger partial charge >= 0.3 is 5.97 Å². The van der Waals surface area contributed by atoms with E-state index < -0.39 is 12.0 Å². The van der Waals surface area contributed by atoms with Gasteiger partial charge in [-0.25, -0.2) is 4.98 Å². The minimum absolute atomic E-state index is 0.0974. The standard InChI is InChI=1S/C22H20ClN3O2S3/c1-30-16-8-4-14(5-9-16)19(13-20(27)28)26-22(29)25-18-3-2-12-24-21(18)31-17-10-6-15(23)7-11-17/h2-12,19H,13H2,1H3,(H,27,28)(H2,25,26,29). The van der Waals surface area contributed by atoms with Crippen molar-refractivity contribution in [2.24, 2.45) is 0 Å². The zero-order valence-corrected chi connectivity index (χ0v) is 19.7. The van der Waals surface area contributed by atoms with Crippen molar-refractivity contribution in [2.45, 2.75) is 27.3 Å². The first-order chi connectivity index (χ1) is 14.9. The SMILES string of the molecule is CSc1ccc(C(CC(=O)O)NC(=S)Nc2cccnc2Sc2ccc(Cl)cc2)cc1. The van der Waals surface area contributed by atoms with Crippen molar-refractivity contribution in [2.75, 3.05) is 11.6 Å². The van der Waals surface area contributed by atoms with Crippen LogP contribution in [-0.2, 0) is 4.79 Å². The molecule has 3 N–H and O–H groups in total. The number of aliphatic carboxylic acids is 1. The molecular weight excluding hydrogens is 470 g/mol. The fourth-order valence-electron chi connectivity index (χ4n) is 2.76. The lowest BCUT2D eigenvalue weighted by Crippen LogP contribution is -2.33. The molecule has 0 spiro atoms. The summed E-state index contributed by atoms with van der Waals surface area (Å²) in [5.74, 6) is -0.908. The summed E-state index contributed by atoms with van der Waals surface area (Å²) in [5, 5.41) is 17.4. The molecule has 0 amide bonds. The van der Waals surface area contributed by atoms with Crippen LogP contribution in [0.5, 0.6) is 0 Å². The number of carboxylic acids is 1. The van der Waals surface area contributed by atoms with Crippen LogP contribution in [0.25, 0.3) is 0 Å². The number of nitrogens with zero attached hydrogens (tertiary/aromatic N) is 1. The molecule has 31 heavy (non-hydrogen) atoms. The Morgan fingerprint density at radius 2 is 1.81 bits per heavy atom. The first-order valence-corrected chi connectivity index (χ1v) is 12.1. The molecule has 0 radical (unpaired) electrons. The van der Waals surface area contributed by atoms with E-state index in [4.69, 9.17) is 23.8 Å². The van der Waals surface area contributed by atoms with Gasteiger partial charge < -0.3 is 15.7 Å². The van der Waals surface area contributed by atoms with Crippen LogP contribution in [0.15, 0.2) is 81.7 Å². The molecule has 1 unspecified atom stereocenters. The van der Waals surface area contributed by atoms with E-state index in [-0.39, 0.29) is 6.42 Å². The molecule has 1 aromatic heterocycles. The van der Waals surface area contributed by atoms with Gasteiger partial charge in [0.2, 0.25) is 0 Å². The number of halogens is 1. The van der Waals surface area contributed by atoms with E-state index in [0.717, 1.165) is 26.1 Å². The van der Waals surface area contributed by atoms with Crippen LogP contribution in [0.2, 0.25) is 5.02 Å². The number of hydrogen-bond acceptors (Lipinski definition) is 5. The zero-order chi connectivity index (χ0) is 22.2. The molecule has 0 aliphatic heterocycles. The summed E-state index contributed by atoms with van der Waals surface area (Å²) in [6, 6.07) is 18.5. The third kappa shape index (κ3) is 7.14. The van der Waals surface area contributed by atoms with Gasteiger partial charge in [0, 0.05) is 21.0 Å². The van der Waals surface area contributed by atoms with Crippen LogP contribution in [0.3, 0.4) is 0 Å². The van der Waals surface area contributed by atoms with Crippen molar-refractivity contribution < 1.29 is 9.90 Å². The van der Waals surface area contributed by atoms with E-state index in [2.05, 4.69) is 15.6 Å². The quantitative estimate of drug-likeness (QED) is 0.258. The monoisotopic (exact) mass is 489 g/mol. The van der Waals surface area contributed by atoms with Crippen molar-refractivity contribution in [3.63, 3.8) is 0 Å². The van der Waals surface area contributed by atoms with E-state index in [1.807, 2.05) is 66.9 Å². The van der Waals surface area contributed by atoms with Crippen LogP contribution in [0.1, 0.15) is 18.0 Å². The molecule has 9 heteroatoms.